The van der Waals surface area contributed by atoms with Crippen LogP contribution in [0.5, 0.6) is 0 Å². The van der Waals surface area contributed by atoms with Crippen molar-refractivity contribution in [3.63, 3.8) is 0 Å². The number of rotatable bonds is 6. The van der Waals surface area contributed by atoms with Gasteiger partial charge in [-0.15, -0.1) is 24.0 Å². The summed E-state index contributed by atoms with van der Waals surface area (Å²) in [5, 5.41) is 6.39. The number of hydrogen-bond acceptors (Lipinski definition) is 5. The van der Waals surface area contributed by atoms with Crippen molar-refractivity contribution in [2.24, 2.45) is 4.99 Å². The molecule has 0 aromatic rings. The van der Waals surface area contributed by atoms with Crippen LogP contribution in [0.4, 0.5) is 13.2 Å². The summed E-state index contributed by atoms with van der Waals surface area (Å²) in [5.74, 6) is 0.589. The van der Waals surface area contributed by atoms with Gasteiger partial charge >= 0.3 is 15.5 Å². The van der Waals surface area contributed by atoms with Gasteiger partial charge in [-0.25, -0.2) is 8.42 Å². The molecule has 0 radical (unpaired) electrons. The molecule has 2 N–H and O–H groups in total. The third kappa shape index (κ3) is 7.35. The minimum Gasteiger partial charge on any atom is -0.379 e. The standard InChI is InChI=1S/C17H32F3N5O3S.HI/c1-4-21-15(22-13-16(2,3)24-9-11-28-12-10-24)23-14-5-7-25(8-6-14)29(26,27)17(18,19)20;/h14H,4-13H2,1-3H3,(H2,21,22,23);1H. The largest absolute Gasteiger partial charge is 0.511 e. The topological polar surface area (TPSA) is 86.3 Å². The maximum absolute atomic E-state index is 12.7. The molecule has 0 spiro atoms. The van der Waals surface area contributed by atoms with E-state index in [1.54, 1.807) is 0 Å². The second-order valence-corrected chi connectivity index (χ2v) is 9.80. The first-order chi connectivity index (χ1) is 13.5. The Bertz CT molecular complexity index is 662. The van der Waals surface area contributed by atoms with E-state index < -0.39 is 15.5 Å². The van der Waals surface area contributed by atoms with Crippen LogP contribution >= 0.6 is 24.0 Å². The highest BCUT2D eigenvalue weighted by molar-refractivity contribution is 14.0. The lowest BCUT2D eigenvalue weighted by atomic mass is 10.0. The molecule has 0 amide bonds. The first-order valence-electron chi connectivity index (χ1n) is 9.91. The SMILES string of the molecule is CCNC(=NCC(C)(C)N1CCOCC1)NC1CCN(S(=O)(=O)C(F)(F)F)CC1.I. The average molecular weight is 571 g/mol. The normalized spacial score (nSPS) is 21.2. The molecule has 0 aliphatic carbocycles. The molecule has 0 bridgehead atoms. The minimum absolute atomic E-state index is 0. The van der Waals surface area contributed by atoms with E-state index in [0.29, 0.717) is 36.6 Å². The number of ether oxygens (including phenoxy) is 1. The van der Waals surface area contributed by atoms with Gasteiger partial charge in [0.2, 0.25) is 0 Å². The van der Waals surface area contributed by atoms with Crippen molar-refractivity contribution in [2.75, 3.05) is 52.5 Å². The van der Waals surface area contributed by atoms with Crippen LogP contribution in [0.15, 0.2) is 4.99 Å². The van der Waals surface area contributed by atoms with E-state index in [2.05, 4.69) is 34.4 Å². The van der Waals surface area contributed by atoms with Crippen molar-refractivity contribution in [1.29, 1.82) is 0 Å². The zero-order valence-electron chi connectivity index (χ0n) is 17.7. The molecule has 0 aromatic carbocycles. The zero-order valence-corrected chi connectivity index (χ0v) is 20.8. The number of aliphatic imine (C=N–C) groups is 1. The van der Waals surface area contributed by atoms with Crippen molar-refractivity contribution in [2.45, 2.75) is 50.7 Å². The monoisotopic (exact) mass is 571 g/mol. The molecule has 30 heavy (non-hydrogen) atoms. The molecule has 2 saturated heterocycles. The minimum atomic E-state index is -5.26. The van der Waals surface area contributed by atoms with E-state index in [1.165, 1.54) is 0 Å². The second kappa shape index (κ2) is 11.5. The lowest BCUT2D eigenvalue weighted by Crippen LogP contribution is -2.53. The van der Waals surface area contributed by atoms with Crippen LogP contribution in [0.1, 0.15) is 33.6 Å². The maximum atomic E-state index is 12.7. The van der Waals surface area contributed by atoms with Gasteiger partial charge in [0.25, 0.3) is 0 Å². The van der Waals surface area contributed by atoms with E-state index >= 15 is 0 Å². The first-order valence-corrected chi connectivity index (χ1v) is 11.4. The van der Waals surface area contributed by atoms with Gasteiger partial charge in [-0.3, -0.25) is 9.89 Å². The Labute approximate surface area is 194 Å². The van der Waals surface area contributed by atoms with Crippen LogP contribution < -0.4 is 10.6 Å². The molecule has 178 valence electrons. The molecule has 0 unspecified atom stereocenters. The van der Waals surface area contributed by atoms with Gasteiger partial charge in [-0.05, 0) is 33.6 Å². The van der Waals surface area contributed by atoms with Gasteiger partial charge in [-0.1, -0.05) is 0 Å². The van der Waals surface area contributed by atoms with Crippen LogP contribution in [0.3, 0.4) is 0 Å². The molecule has 2 heterocycles. The van der Waals surface area contributed by atoms with Gasteiger partial charge in [-0.2, -0.15) is 17.5 Å². The van der Waals surface area contributed by atoms with Crippen LogP contribution in [0.2, 0.25) is 0 Å². The lowest BCUT2D eigenvalue weighted by molar-refractivity contribution is -0.0494. The summed E-state index contributed by atoms with van der Waals surface area (Å²) in [7, 11) is -5.26. The number of guanidine groups is 1. The molecule has 2 aliphatic heterocycles. The number of nitrogens with one attached hydrogen (secondary N) is 2. The fraction of sp³-hybridized carbons (Fsp3) is 0.941. The van der Waals surface area contributed by atoms with Crippen LogP contribution in [-0.4, -0.2) is 93.2 Å². The van der Waals surface area contributed by atoms with E-state index in [9.17, 15) is 21.6 Å². The Morgan fingerprint density at radius 1 is 1.13 bits per heavy atom. The molecule has 2 aliphatic rings. The molecular formula is C17H33F3IN5O3S. The summed E-state index contributed by atoms with van der Waals surface area (Å²) >= 11 is 0. The fourth-order valence-corrected chi connectivity index (χ4v) is 4.43. The number of morpholine rings is 1. The Balaban J connectivity index is 0.00000450. The summed E-state index contributed by atoms with van der Waals surface area (Å²) in [6.07, 6.45) is 0.569. The van der Waals surface area contributed by atoms with Gasteiger partial charge < -0.3 is 15.4 Å². The van der Waals surface area contributed by atoms with Crippen LogP contribution in [0, 0.1) is 0 Å². The zero-order chi connectivity index (χ0) is 21.7. The van der Waals surface area contributed by atoms with Crippen molar-refractivity contribution in [3.05, 3.63) is 0 Å². The third-order valence-corrected chi connectivity index (χ3v) is 6.89. The first kappa shape index (κ1) is 27.7. The number of alkyl halides is 3. The second-order valence-electron chi connectivity index (χ2n) is 7.88. The van der Waals surface area contributed by atoms with Gasteiger partial charge in [0.1, 0.15) is 0 Å². The van der Waals surface area contributed by atoms with E-state index in [0.717, 1.165) is 13.1 Å². The Kier molecular flexibility index (Phi) is 10.6. The summed E-state index contributed by atoms with van der Waals surface area (Å²) in [4.78, 5) is 6.99. The molecule has 2 fully saturated rings. The highest BCUT2D eigenvalue weighted by Crippen LogP contribution is 2.29. The number of hydrogen-bond donors (Lipinski definition) is 2. The summed E-state index contributed by atoms with van der Waals surface area (Å²) in [6.45, 7) is 10.1. The predicted octanol–water partition coefficient (Wildman–Crippen LogP) is 1.58. The van der Waals surface area contributed by atoms with Crippen LogP contribution in [-0.2, 0) is 14.8 Å². The molecule has 0 atom stereocenters. The molecule has 0 aromatic heterocycles. The van der Waals surface area contributed by atoms with E-state index in [-0.39, 0.29) is 61.5 Å². The third-order valence-electron chi connectivity index (χ3n) is 5.26. The predicted molar refractivity (Wildman–Crippen MR) is 121 cm³/mol. The number of piperidine rings is 1. The van der Waals surface area contributed by atoms with E-state index in [4.69, 9.17) is 4.74 Å². The van der Waals surface area contributed by atoms with Crippen molar-refractivity contribution >= 4 is 40.0 Å². The number of nitrogens with zero attached hydrogens (tertiary/aromatic N) is 3. The van der Waals surface area contributed by atoms with Gasteiger partial charge in [0, 0.05) is 44.3 Å². The molecule has 8 nitrogen and oxygen atoms in total. The highest BCUT2D eigenvalue weighted by Gasteiger charge is 2.50. The van der Waals surface area contributed by atoms with Crippen molar-refractivity contribution < 1.29 is 26.3 Å². The van der Waals surface area contributed by atoms with Crippen LogP contribution in [0.25, 0.3) is 0 Å². The van der Waals surface area contributed by atoms with Crippen molar-refractivity contribution in [1.82, 2.24) is 19.8 Å². The molecule has 13 heteroatoms. The Hall–Kier alpha value is -0.380. The highest BCUT2D eigenvalue weighted by atomic mass is 127. The number of sulfonamides is 1. The Morgan fingerprint density at radius 2 is 1.70 bits per heavy atom. The number of halogens is 4. The lowest BCUT2D eigenvalue weighted by Gasteiger charge is -2.40. The average Bonchev–Trinajstić information content (AvgIpc) is 2.66. The van der Waals surface area contributed by atoms with Crippen molar-refractivity contribution in [3.8, 4) is 0 Å². The molecule has 0 saturated carbocycles. The van der Waals surface area contributed by atoms with Gasteiger partial charge in [0.15, 0.2) is 5.96 Å². The van der Waals surface area contributed by atoms with Gasteiger partial charge in [0.05, 0.1) is 19.8 Å². The van der Waals surface area contributed by atoms with E-state index in [1.807, 2.05) is 6.92 Å². The summed E-state index contributed by atoms with van der Waals surface area (Å²) in [6, 6.07) is -0.140. The maximum Gasteiger partial charge on any atom is 0.511 e. The summed E-state index contributed by atoms with van der Waals surface area (Å²) < 4.78 is 67.1. The Morgan fingerprint density at radius 3 is 2.20 bits per heavy atom. The molecular weight excluding hydrogens is 538 g/mol. The summed E-state index contributed by atoms with van der Waals surface area (Å²) in [5.41, 5.74) is -5.41. The fourth-order valence-electron chi connectivity index (χ4n) is 3.44. The quantitative estimate of drug-likeness (QED) is 0.286. The molecule has 2 rings (SSSR count). The smallest absolute Gasteiger partial charge is 0.379 e.